The molecule has 2 fully saturated rings. The number of hydrogen-bond acceptors (Lipinski definition) is 6. The van der Waals surface area contributed by atoms with Crippen LogP contribution in [0.2, 0.25) is 0 Å². The molecule has 36 heavy (non-hydrogen) atoms. The van der Waals surface area contributed by atoms with Crippen LogP contribution in [0.3, 0.4) is 0 Å². The van der Waals surface area contributed by atoms with Gasteiger partial charge in [0, 0.05) is 18.2 Å². The fourth-order valence-corrected chi connectivity index (χ4v) is 7.57. The summed E-state index contributed by atoms with van der Waals surface area (Å²) in [7, 11) is 0. The lowest BCUT2D eigenvalue weighted by Gasteiger charge is -2.64. The van der Waals surface area contributed by atoms with Crippen LogP contribution in [0, 0.1) is 0 Å². The van der Waals surface area contributed by atoms with Gasteiger partial charge < -0.3 is 14.9 Å². The molecule has 2 aromatic rings. The maximum Gasteiger partial charge on any atom is 0.250 e. The van der Waals surface area contributed by atoms with Crippen LogP contribution in [-0.4, -0.2) is 69.6 Å². The van der Waals surface area contributed by atoms with Crippen molar-refractivity contribution in [3.63, 3.8) is 0 Å². The van der Waals surface area contributed by atoms with Crippen LogP contribution in [0.5, 0.6) is 11.5 Å². The molecule has 0 radical (unpaired) electrons. The monoisotopic (exact) mass is 490 g/mol. The Balaban J connectivity index is 1.43. The van der Waals surface area contributed by atoms with Gasteiger partial charge in [0.2, 0.25) is 0 Å². The maximum atomic E-state index is 13.6. The summed E-state index contributed by atoms with van der Waals surface area (Å²) in [6.07, 6.45) is 4.03. The molecule has 1 saturated carbocycles. The minimum atomic E-state index is -1.04. The van der Waals surface area contributed by atoms with E-state index in [1.54, 1.807) is 6.07 Å². The second-order valence-corrected chi connectivity index (χ2v) is 10.5. The first-order valence-electron chi connectivity index (χ1n) is 13.0. The Bertz CT molecular complexity index is 1190. The second-order valence-electron chi connectivity index (χ2n) is 10.5. The summed E-state index contributed by atoms with van der Waals surface area (Å²) in [4.78, 5) is 21.9. The average molecular weight is 491 g/mol. The zero-order chi connectivity index (χ0) is 25.1. The molecular weight excluding hydrogens is 456 g/mol. The van der Waals surface area contributed by atoms with E-state index < -0.39 is 17.1 Å². The molecule has 5 atom stereocenters. The van der Waals surface area contributed by atoms with Crippen molar-refractivity contribution in [1.82, 2.24) is 9.96 Å². The number of rotatable bonds is 7. The second kappa shape index (κ2) is 8.61. The molecule has 1 spiro atoms. The fourth-order valence-electron chi connectivity index (χ4n) is 7.57. The SMILES string of the molecule is C=CCN1CC[C@]23c4c5ccc(O)c4OC2C(N(OCC)C(=O)Cc2ccccc2)CC[C@@]3(O)[C@H]1C5. The molecule has 6 rings (SSSR count). The van der Waals surface area contributed by atoms with E-state index in [9.17, 15) is 15.0 Å². The van der Waals surface area contributed by atoms with E-state index in [1.807, 2.05) is 49.4 Å². The number of aromatic hydroxyl groups is 1. The maximum absolute atomic E-state index is 13.6. The minimum Gasteiger partial charge on any atom is -0.504 e. The largest absolute Gasteiger partial charge is 0.504 e. The highest BCUT2D eigenvalue weighted by molar-refractivity contribution is 5.78. The van der Waals surface area contributed by atoms with Crippen molar-refractivity contribution >= 4 is 5.91 Å². The van der Waals surface area contributed by atoms with Crippen LogP contribution in [0.4, 0.5) is 0 Å². The number of carbonyl (C=O) groups excluding carboxylic acids is 1. The number of phenolic OH excluding ortho intramolecular Hbond substituents is 1. The van der Waals surface area contributed by atoms with E-state index in [-0.39, 0.29) is 30.2 Å². The van der Waals surface area contributed by atoms with Crippen LogP contribution in [0.25, 0.3) is 0 Å². The lowest BCUT2D eigenvalue weighted by atomic mass is 9.48. The van der Waals surface area contributed by atoms with Crippen molar-refractivity contribution in [1.29, 1.82) is 0 Å². The molecule has 2 aliphatic carbocycles. The number of likely N-dealkylation sites (tertiary alicyclic amines) is 1. The van der Waals surface area contributed by atoms with Gasteiger partial charge in [-0.15, -0.1) is 6.58 Å². The molecule has 2 unspecified atom stereocenters. The number of nitrogens with zero attached hydrogens (tertiary/aromatic N) is 2. The number of phenols is 1. The summed E-state index contributed by atoms with van der Waals surface area (Å²) in [5.74, 6) is 0.421. The first-order valence-corrected chi connectivity index (χ1v) is 13.0. The number of benzene rings is 2. The van der Waals surface area contributed by atoms with E-state index >= 15 is 0 Å². The van der Waals surface area contributed by atoms with Gasteiger partial charge in [-0.25, -0.2) is 5.06 Å². The van der Waals surface area contributed by atoms with Crippen molar-refractivity contribution in [3.05, 3.63) is 71.8 Å². The molecule has 4 aliphatic rings. The number of piperidine rings is 1. The van der Waals surface area contributed by atoms with Gasteiger partial charge >= 0.3 is 0 Å². The molecule has 2 aromatic carbocycles. The molecular formula is C29H34N2O5. The Morgan fingerprint density at radius 2 is 2.08 bits per heavy atom. The van der Waals surface area contributed by atoms with Gasteiger partial charge in [0.05, 0.1) is 30.1 Å². The standard InChI is InChI=1S/C29H34N2O5/c1-3-15-30-16-14-28-25-20-10-11-22(32)26(25)36-27(28)21(12-13-29(28,34)23(30)18-20)31(35-4-2)24(33)17-19-8-6-5-7-9-19/h3,5-11,21,23,27,32,34H,1,4,12-18H2,2H3/t21?,23-,27?,28+,29-/m1/s1. The average Bonchev–Trinajstić information content (AvgIpc) is 3.23. The van der Waals surface area contributed by atoms with E-state index in [0.717, 1.165) is 23.2 Å². The van der Waals surface area contributed by atoms with E-state index in [2.05, 4.69) is 11.5 Å². The summed E-state index contributed by atoms with van der Waals surface area (Å²) in [5, 5.41) is 24.8. The topological polar surface area (TPSA) is 82.5 Å². The Morgan fingerprint density at radius 1 is 1.28 bits per heavy atom. The summed E-state index contributed by atoms with van der Waals surface area (Å²) in [5.41, 5.74) is 1.20. The summed E-state index contributed by atoms with van der Waals surface area (Å²) in [6, 6.07) is 12.8. The molecule has 2 bridgehead atoms. The number of carbonyl (C=O) groups is 1. The molecule has 2 N–H and O–H groups in total. The van der Waals surface area contributed by atoms with Gasteiger partial charge in [0.25, 0.3) is 5.91 Å². The zero-order valence-corrected chi connectivity index (χ0v) is 20.7. The van der Waals surface area contributed by atoms with Gasteiger partial charge in [-0.1, -0.05) is 42.5 Å². The molecule has 0 aromatic heterocycles. The highest BCUT2D eigenvalue weighted by Crippen LogP contribution is 2.65. The molecule has 7 heteroatoms. The minimum absolute atomic E-state index is 0.0835. The molecule has 2 aliphatic heterocycles. The fraction of sp³-hybridized carbons (Fsp3) is 0.483. The Labute approximate surface area is 211 Å². The van der Waals surface area contributed by atoms with Crippen LogP contribution >= 0.6 is 0 Å². The van der Waals surface area contributed by atoms with Crippen LogP contribution in [-0.2, 0) is 27.9 Å². The van der Waals surface area contributed by atoms with Gasteiger partial charge in [0.15, 0.2) is 11.5 Å². The number of amides is 1. The summed E-state index contributed by atoms with van der Waals surface area (Å²) < 4.78 is 6.59. The number of hydrogen-bond donors (Lipinski definition) is 2. The lowest BCUT2D eigenvalue weighted by Crippen LogP contribution is -2.78. The summed E-state index contributed by atoms with van der Waals surface area (Å²) >= 11 is 0. The molecule has 1 saturated heterocycles. The Kier molecular flexibility index (Phi) is 5.63. The molecule has 190 valence electrons. The van der Waals surface area contributed by atoms with Gasteiger partial charge in [-0.2, -0.15) is 0 Å². The number of aliphatic hydroxyl groups is 1. The molecule has 1 amide bonds. The third-order valence-electron chi connectivity index (χ3n) is 8.92. The smallest absolute Gasteiger partial charge is 0.250 e. The predicted molar refractivity (Wildman–Crippen MR) is 135 cm³/mol. The quantitative estimate of drug-likeness (QED) is 0.459. The van der Waals surface area contributed by atoms with E-state index in [0.29, 0.717) is 44.6 Å². The lowest BCUT2D eigenvalue weighted by molar-refractivity contribution is -0.246. The summed E-state index contributed by atoms with van der Waals surface area (Å²) in [6.45, 7) is 7.65. The van der Waals surface area contributed by atoms with Crippen LogP contribution in [0.1, 0.15) is 42.9 Å². The van der Waals surface area contributed by atoms with Gasteiger partial charge in [-0.3, -0.25) is 14.5 Å². The van der Waals surface area contributed by atoms with Gasteiger partial charge in [0.1, 0.15) is 6.10 Å². The van der Waals surface area contributed by atoms with Crippen molar-refractivity contribution in [2.45, 2.75) is 68.2 Å². The number of hydroxylamine groups is 2. The third-order valence-corrected chi connectivity index (χ3v) is 8.92. The third kappa shape index (κ3) is 3.12. The van der Waals surface area contributed by atoms with Crippen LogP contribution in [0.15, 0.2) is 55.1 Å². The predicted octanol–water partition coefficient (Wildman–Crippen LogP) is 3.12. The van der Waals surface area contributed by atoms with E-state index in [1.165, 1.54) is 5.06 Å². The first-order chi connectivity index (χ1) is 17.4. The normalized spacial score (nSPS) is 31.9. The number of ether oxygens (including phenoxy) is 1. The van der Waals surface area contributed by atoms with Crippen LogP contribution < -0.4 is 4.74 Å². The van der Waals surface area contributed by atoms with Crippen molar-refractivity contribution in [2.24, 2.45) is 0 Å². The first kappa shape index (κ1) is 23.5. The Hall–Kier alpha value is -2.87. The highest BCUT2D eigenvalue weighted by Gasteiger charge is 2.73. The van der Waals surface area contributed by atoms with Gasteiger partial charge in [-0.05, 0) is 56.3 Å². The van der Waals surface area contributed by atoms with E-state index in [4.69, 9.17) is 9.57 Å². The Morgan fingerprint density at radius 3 is 2.83 bits per heavy atom. The van der Waals surface area contributed by atoms with Crippen molar-refractivity contribution in [2.75, 3.05) is 19.7 Å². The zero-order valence-electron chi connectivity index (χ0n) is 20.7. The van der Waals surface area contributed by atoms with Crippen molar-refractivity contribution in [3.8, 4) is 11.5 Å². The molecule has 7 nitrogen and oxygen atoms in total. The molecule has 2 heterocycles. The highest BCUT2D eigenvalue weighted by atomic mass is 16.7. The van der Waals surface area contributed by atoms with Crippen molar-refractivity contribution < 1.29 is 24.6 Å².